The predicted octanol–water partition coefficient (Wildman–Crippen LogP) is 3.20. The highest BCUT2D eigenvalue weighted by Crippen LogP contribution is 2.11. The van der Waals surface area contributed by atoms with Gasteiger partial charge in [-0.15, -0.1) is 0 Å². The van der Waals surface area contributed by atoms with Gasteiger partial charge >= 0.3 is 0 Å². The van der Waals surface area contributed by atoms with Crippen molar-refractivity contribution in [1.29, 1.82) is 0 Å². The van der Waals surface area contributed by atoms with Crippen LogP contribution in [0.2, 0.25) is 0 Å². The minimum atomic E-state index is 0.533. The van der Waals surface area contributed by atoms with Gasteiger partial charge in [0.25, 0.3) is 0 Å². The molecule has 0 saturated heterocycles. The Morgan fingerprint density at radius 2 is 1.86 bits per heavy atom. The first kappa shape index (κ1) is 11.5. The summed E-state index contributed by atoms with van der Waals surface area (Å²) in [4.78, 5) is 5.21. The molecule has 0 heterocycles. The molecular weight excluding hydrogens is 214 g/mol. The molecule has 0 atom stereocenters. The lowest BCUT2D eigenvalue weighted by Gasteiger charge is -2.01. The normalized spacial score (nSPS) is 9.57. The molecule has 0 aliphatic heterocycles. The summed E-state index contributed by atoms with van der Waals surface area (Å²) in [5.41, 5.74) is 1.14. The fourth-order valence-electron chi connectivity index (χ4n) is 0.892. The summed E-state index contributed by atoms with van der Waals surface area (Å²) in [7, 11) is 0. The van der Waals surface area contributed by atoms with Gasteiger partial charge in [-0.05, 0) is 18.1 Å². The molecule has 0 saturated carbocycles. The number of hydrogen-bond donors (Lipinski definition) is 0. The minimum Gasteiger partial charge on any atom is -0.390 e. The Kier molecular flexibility index (Phi) is 5.56. The molecular formula is C10H13NOS2. The summed E-state index contributed by atoms with van der Waals surface area (Å²) in [5, 5.41) is 4.00. The van der Waals surface area contributed by atoms with E-state index in [0.717, 1.165) is 9.94 Å². The highest BCUT2D eigenvalue weighted by Gasteiger charge is 1.94. The van der Waals surface area contributed by atoms with E-state index in [-0.39, 0.29) is 0 Å². The molecule has 2 nitrogen and oxygen atoms in total. The molecule has 4 heteroatoms. The largest absolute Gasteiger partial charge is 0.390 e. The van der Waals surface area contributed by atoms with Crippen LogP contribution in [0.5, 0.6) is 0 Å². The van der Waals surface area contributed by atoms with Crippen LogP contribution in [0, 0.1) is 0 Å². The van der Waals surface area contributed by atoms with Crippen LogP contribution in [-0.2, 0) is 11.4 Å². The van der Waals surface area contributed by atoms with Gasteiger partial charge < -0.3 is 4.84 Å². The van der Waals surface area contributed by atoms with Crippen LogP contribution in [0.15, 0.2) is 35.5 Å². The number of oxime groups is 1. The number of rotatable bonds is 3. The number of thioether (sulfide) groups is 2. The lowest BCUT2D eigenvalue weighted by molar-refractivity contribution is 0.132. The van der Waals surface area contributed by atoms with Crippen molar-refractivity contribution in [3.05, 3.63) is 35.9 Å². The van der Waals surface area contributed by atoms with Crippen LogP contribution in [0.3, 0.4) is 0 Å². The van der Waals surface area contributed by atoms with E-state index in [0.29, 0.717) is 6.61 Å². The molecule has 0 aliphatic carbocycles. The number of benzene rings is 1. The molecule has 14 heavy (non-hydrogen) atoms. The van der Waals surface area contributed by atoms with Crippen LogP contribution in [0.1, 0.15) is 5.56 Å². The van der Waals surface area contributed by atoms with Gasteiger partial charge in [-0.1, -0.05) is 59.0 Å². The monoisotopic (exact) mass is 227 g/mol. The van der Waals surface area contributed by atoms with E-state index < -0.39 is 0 Å². The Labute approximate surface area is 93.1 Å². The molecule has 0 spiro atoms. The molecule has 1 aromatic rings. The maximum absolute atomic E-state index is 5.21. The lowest BCUT2D eigenvalue weighted by atomic mass is 10.2. The summed E-state index contributed by atoms with van der Waals surface area (Å²) in [5.74, 6) is 0. The van der Waals surface area contributed by atoms with Gasteiger partial charge in [0.05, 0.1) is 0 Å². The van der Waals surface area contributed by atoms with Gasteiger partial charge in [-0.25, -0.2) is 0 Å². The zero-order valence-corrected chi connectivity index (χ0v) is 9.90. The Balaban J connectivity index is 2.38. The number of nitrogens with zero attached hydrogens (tertiary/aromatic N) is 1. The predicted molar refractivity (Wildman–Crippen MR) is 65.7 cm³/mol. The zero-order chi connectivity index (χ0) is 10.2. The Morgan fingerprint density at radius 3 is 2.43 bits per heavy atom. The van der Waals surface area contributed by atoms with E-state index >= 15 is 0 Å². The smallest absolute Gasteiger partial charge is 0.168 e. The molecule has 0 unspecified atom stereocenters. The second-order valence-corrected chi connectivity index (χ2v) is 4.37. The Hall–Kier alpha value is -0.610. The van der Waals surface area contributed by atoms with Gasteiger partial charge in [-0.3, -0.25) is 0 Å². The zero-order valence-electron chi connectivity index (χ0n) is 8.27. The van der Waals surface area contributed by atoms with Crippen molar-refractivity contribution in [2.24, 2.45) is 5.16 Å². The van der Waals surface area contributed by atoms with Crippen LogP contribution in [0.4, 0.5) is 0 Å². The van der Waals surface area contributed by atoms with Crippen LogP contribution < -0.4 is 0 Å². The van der Waals surface area contributed by atoms with E-state index in [2.05, 4.69) is 5.16 Å². The fraction of sp³-hybridized carbons (Fsp3) is 0.300. The van der Waals surface area contributed by atoms with Gasteiger partial charge in [0.1, 0.15) is 6.61 Å². The molecule has 0 fully saturated rings. The van der Waals surface area contributed by atoms with Crippen molar-refractivity contribution in [3.63, 3.8) is 0 Å². The summed E-state index contributed by atoms with van der Waals surface area (Å²) in [6.07, 6.45) is 3.97. The first-order valence-electron chi connectivity index (χ1n) is 4.18. The summed E-state index contributed by atoms with van der Waals surface area (Å²) in [6, 6.07) is 10.0. The summed E-state index contributed by atoms with van der Waals surface area (Å²) >= 11 is 3.19. The molecule has 1 rings (SSSR count). The molecule has 0 radical (unpaired) electrons. The van der Waals surface area contributed by atoms with Crippen molar-refractivity contribution < 1.29 is 4.84 Å². The molecule has 1 aromatic carbocycles. The van der Waals surface area contributed by atoms with E-state index in [1.807, 2.05) is 42.8 Å². The first-order valence-corrected chi connectivity index (χ1v) is 6.63. The molecule has 0 aliphatic rings. The maximum Gasteiger partial charge on any atom is 0.168 e. The van der Waals surface area contributed by atoms with Crippen LogP contribution >= 0.6 is 23.5 Å². The first-order chi connectivity index (χ1) is 6.86. The average molecular weight is 227 g/mol. The Bertz CT molecular complexity index is 281. The topological polar surface area (TPSA) is 21.6 Å². The second kappa shape index (κ2) is 6.79. The maximum atomic E-state index is 5.21. The quantitative estimate of drug-likeness (QED) is 0.449. The standard InChI is InChI=1S/C10H13NOS2/c1-13-10(14-2)11-12-8-9-6-4-3-5-7-9/h3-7H,8H2,1-2H3. The van der Waals surface area contributed by atoms with Crippen molar-refractivity contribution in [2.75, 3.05) is 12.5 Å². The van der Waals surface area contributed by atoms with Crippen molar-refractivity contribution in [2.45, 2.75) is 6.61 Å². The van der Waals surface area contributed by atoms with Gasteiger partial charge in [0, 0.05) is 0 Å². The van der Waals surface area contributed by atoms with Gasteiger partial charge in [0.15, 0.2) is 4.38 Å². The third-order valence-electron chi connectivity index (χ3n) is 1.56. The summed E-state index contributed by atoms with van der Waals surface area (Å²) in [6.45, 7) is 0.533. The van der Waals surface area contributed by atoms with E-state index in [9.17, 15) is 0 Å². The SMILES string of the molecule is CSC(=NOCc1ccccc1)SC. The van der Waals surface area contributed by atoms with Crippen LogP contribution in [0.25, 0.3) is 0 Å². The molecule has 76 valence electrons. The highest BCUT2D eigenvalue weighted by molar-refractivity contribution is 8.38. The van der Waals surface area contributed by atoms with Crippen molar-refractivity contribution in [3.8, 4) is 0 Å². The van der Waals surface area contributed by atoms with Gasteiger partial charge in [0.2, 0.25) is 0 Å². The van der Waals surface area contributed by atoms with Gasteiger partial charge in [-0.2, -0.15) is 0 Å². The van der Waals surface area contributed by atoms with Crippen molar-refractivity contribution >= 4 is 27.9 Å². The highest BCUT2D eigenvalue weighted by atomic mass is 32.2. The van der Waals surface area contributed by atoms with Crippen molar-refractivity contribution in [1.82, 2.24) is 0 Å². The fourth-order valence-corrected chi connectivity index (χ4v) is 1.81. The second-order valence-electron chi connectivity index (χ2n) is 2.52. The van der Waals surface area contributed by atoms with E-state index in [1.54, 1.807) is 23.5 Å². The van der Waals surface area contributed by atoms with E-state index in [1.165, 1.54) is 0 Å². The summed E-state index contributed by atoms with van der Waals surface area (Å²) < 4.78 is 0.945. The minimum absolute atomic E-state index is 0.533. The molecule has 0 bridgehead atoms. The lowest BCUT2D eigenvalue weighted by Crippen LogP contribution is -1.89. The molecule has 0 aromatic heterocycles. The molecule has 0 amide bonds. The number of hydrogen-bond acceptors (Lipinski definition) is 4. The molecule has 0 N–H and O–H groups in total. The average Bonchev–Trinajstić information content (AvgIpc) is 2.26. The third-order valence-corrected chi connectivity index (χ3v) is 3.41. The Morgan fingerprint density at radius 1 is 1.21 bits per heavy atom. The van der Waals surface area contributed by atoms with Crippen LogP contribution in [-0.4, -0.2) is 16.9 Å². The van der Waals surface area contributed by atoms with E-state index in [4.69, 9.17) is 4.84 Å². The third kappa shape index (κ3) is 4.07.